The second-order valence-corrected chi connectivity index (χ2v) is 8.13. The van der Waals surface area contributed by atoms with Crippen molar-refractivity contribution in [1.29, 1.82) is 0 Å². The number of rotatable bonds is 6. The first-order valence-corrected chi connectivity index (χ1v) is 10.7. The maximum Gasteiger partial charge on any atom is 0.243 e. The zero-order valence-electron chi connectivity index (χ0n) is 15.7. The van der Waals surface area contributed by atoms with Crippen molar-refractivity contribution in [2.45, 2.75) is 38.8 Å². The van der Waals surface area contributed by atoms with Crippen molar-refractivity contribution in [2.24, 2.45) is 0 Å². The van der Waals surface area contributed by atoms with Crippen LogP contribution >= 0.6 is 22.9 Å². The number of hydrogen-bond donors (Lipinski definition) is 0. The molecule has 0 saturated carbocycles. The van der Waals surface area contributed by atoms with Gasteiger partial charge in [-0.1, -0.05) is 37.3 Å². The third-order valence-corrected chi connectivity index (χ3v) is 6.49. The summed E-state index contributed by atoms with van der Waals surface area (Å²) in [4.78, 5) is 30.4. The van der Waals surface area contributed by atoms with E-state index in [2.05, 4.69) is 23.6 Å². The van der Waals surface area contributed by atoms with Crippen LogP contribution in [0, 0.1) is 0 Å². The highest BCUT2D eigenvalue weighted by Crippen LogP contribution is 2.37. The van der Waals surface area contributed by atoms with E-state index in [0.29, 0.717) is 6.54 Å². The summed E-state index contributed by atoms with van der Waals surface area (Å²) in [5.74, 6) is -0.322. The molecule has 0 fully saturated rings. The smallest absolute Gasteiger partial charge is 0.243 e. The number of halogens is 1. The fraction of sp³-hybridized carbons (Fsp3) is 0.429. The van der Waals surface area contributed by atoms with Gasteiger partial charge in [-0.05, 0) is 42.3 Å². The van der Waals surface area contributed by atoms with Crippen molar-refractivity contribution in [2.75, 3.05) is 19.0 Å². The minimum absolute atomic E-state index is 0.0168. The van der Waals surface area contributed by atoms with Crippen LogP contribution < -0.4 is 0 Å². The highest BCUT2D eigenvalue weighted by Gasteiger charge is 2.34. The third kappa shape index (κ3) is 4.19. The monoisotopic (exact) mass is 404 g/mol. The highest BCUT2D eigenvalue weighted by atomic mass is 35.5. The van der Waals surface area contributed by atoms with Gasteiger partial charge < -0.3 is 9.80 Å². The summed E-state index contributed by atoms with van der Waals surface area (Å²) in [7, 11) is 0. The number of amides is 2. The number of hydrogen-bond acceptors (Lipinski definition) is 3. The molecule has 0 aliphatic carbocycles. The molecule has 4 nitrogen and oxygen atoms in total. The van der Waals surface area contributed by atoms with Crippen molar-refractivity contribution < 1.29 is 9.59 Å². The molecule has 1 aromatic heterocycles. The van der Waals surface area contributed by atoms with Crippen molar-refractivity contribution in [3.8, 4) is 0 Å². The molecule has 27 heavy (non-hydrogen) atoms. The van der Waals surface area contributed by atoms with Gasteiger partial charge in [0.15, 0.2) is 0 Å². The number of fused-ring (bicyclic) bond motifs is 1. The van der Waals surface area contributed by atoms with Crippen LogP contribution in [0.3, 0.4) is 0 Å². The fourth-order valence-electron chi connectivity index (χ4n) is 3.60. The molecule has 3 rings (SSSR count). The van der Waals surface area contributed by atoms with Crippen LogP contribution in [0.1, 0.15) is 42.3 Å². The van der Waals surface area contributed by atoms with E-state index in [0.717, 1.165) is 18.4 Å². The molecule has 0 unspecified atom stereocenters. The quantitative estimate of drug-likeness (QED) is 0.680. The molecule has 1 aliphatic rings. The lowest BCUT2D eigenvalue weighted by molar-refractivity contribution is -0.142. The van der Waals surface area contributed by atoms with Crippen LogP contribution in [0.4, 0.5) is 0 Å². The zero-order valence-corrected chi connectivity index (χ0v) is 17.3. The first kappa shape index (κ1) is 19.9. The van der Waals surface area contributed by atoms with E-state index < -0.39 is 0 Å². The Morgan fingerprint density at radius 3 is 2.70 bits per heavy atom. The Balaban J connectivity index is 1.89. The number of alkyl halides is 1. The normalized spacial score (nSPS) is 17.3. The fourth-order valence-corrected chi connectivity index (χ4v) is 4.66. The van der Waals surface area contributed by atoms with Gasteiger partial charge in [0.1, 0.15) is 12.4 Å². The molecular formula is C21H25ClN2O2S. The second kappa shape index (κ2) is 8.89. The Morgan fingerprint density at radius 2 is 2.04 bits per heavy atom. The number of benzene rings is 1. The molecular weight excluding hydrogens is 380 g/mol. The topological polar surface area (TPSA) is 40.6 Å². The van der Waals surface area contributed by atoms with E-state index in [-0.39, 0.29) is 36.3 Å². The van der Waals surface area contributed by atoms with Gasteiger partial charge in [0, 0.05) is 17.5 Å². The molecule has 144 valence electrons. The Morgan fingerprint density at radius 1 is 1.30 bits per heavy atom. The summed E-state index contributed by atoms with van der Waals surface area (Å²) in [6.45, 7) is 4.70. The van der Waals surface area contributed by atoms with E-state index in [4.69, 9.17) is 11.6 Å². The lowest BCUT2D eigenvalue weighted by Crippen LogP contribution is -2.49. The molecule has 2 heterocycles. The molecule has 1 aliphatic heterocycles. The van der Waals surface area contributed by atoms with Crippen molar-refractivity contribution >= 4 is 34.8 Å². The van der Waals surface area contributed by atoms with Crippen LogP contribution in [0.15, 0.2) is 41.8 Å². The van der Waals surface area contributed by atoms with Crippen molar-refractivity contribution in [3.05, 3.63) is 57.8 Å². The second-order valence-electron chi connectivity index (χ2n) is 6.86. The average Bonchev–Trinajstić information content (AvgIpc) is 3.19. The van der Waals surface area contributed by atoms with Gasteiger partial charge in [-0.2, -0.15) is 0 Å². The van der Waals surface area contributed by atoms with Gasteiger partial charge >= 0.3 is 0 Å². The van der Waals surface area contributed by atoms with Crippen LogP contribution in [0.2, 0.25) is 0 Å². The highest BCUT2D eigenvalue weighted by molar-refractivity contribution is 7.10. The Bertz CT molecular complexity index is 792. The van der Waals surface area contributed by atoms with E-state index in [9.17, 15) is 9.59 Å². The predicted molar refractivity (Wildman–Crippen MR) is 110 cm³/mol. The Labute approximate surface area is 169 Å². The Hall–Kier alpha value is -1.85. The summed E-state index contributed by atoms with van der Waals surface area (Å²) in [5.41, 5.74) is 2.30. The molecule has 2 aromatic rings. The lowest BCUT2D eigenvalue weighted by atomic mass is 9.93. The maximum absolute atomic E-state index is 13.3. The van der Waals surface area contributed by atoms with Crippen LogP contribution in [0.25, 0.3) is 0 Å². The summed E-state index contributed by atoms with van der Waals surface area (Å²) >= 11 is 7.53. The SMILES string of the molecule is CC[C@H](C)N(CC(=O)N1CCc2sccc2[C@@H]1c1ccccc1)C(=O)CCl. The molecule has 1 aromatic carbocycles. The van der Waals surface area contributed by atoms with Crippen LogP contribution in [0.5, 0.6) is 0 Å². The van der Waals surface area contributed by atoms with Crippen LogP contribution in [-0.4, -0.2) is 46.6 Å². The van der Waals surface area contributed by atoms with Gasteiger partial charge in [0.05, 0.1) is 6.04 Å². The minimum Gasteiger partial charge on any atom is -0.330 e. The minimum atomic E-state index is -0.191. The zero-order chi connectivity index (χ0) is 19.4. The van der Waals surface area contributed by atoms with Crippen molar-refractivity contribution in [3.63, 3.8) is 0 Å². The number of carbonyl (C=O) groups excluding carboxylic acids is 2. The van der Waals surface area contributed by atoms with E-state index in [1.807, 2.05) is 36.9 Å². The van der Waals surface area contributed by atoms with E-state index in [1.165, 1.54) is 10.4 Å². The summed E-state index contributed by atoms with van der Waals surface area (Å²) in [5, 5.41) is 2.09. The van der Waals surface area contributed by atoms with Gasteiger partial charge in [-0.15, -0.1) is 22.9 Å². The number of carbonyl (C=O) groups is 2. The lowest BCUT2D eigenvalue weighted by Gasteiger charge is -2.38. The molecule has 0 saturated heterocycles. The first-order valence-electron chi connectivity index (χ1n) is 9.32. The summed E-state index contributed by atoms with van der Waals surface area (Å²) in [6.07, 6.45) is 1.64. The third-order valence-electron chi connectivity index (χ3n) is 5.26. The van der Waals surface area contributed by atoms with Gasteiger partial charge in [0.25, 0.3) is 0 Å². The maximum atomic E-state index is 13.3. The molecule has 2 amide bonds. The van der Waals surface area contributed by atoms with Crippen molar-refractivity contribution in [1.82, 2.24) is 9.80 Å². The predicted octanol–water partition coefficient (Wildman–Crippen LogP) is 4.09. The first-order chi connectivity index (χ1) is 13.1. The van der Waals surface area contributed by atoms with Gasteiger partial charge in [-0.3, -0.25) is 9.59 Å². The van der Waals surface area contributed by atoms with E-state index in [1.54, 1.807) is 16.2 Å². The number of nitrogens with zero attached hydrogens (tertiary/aromatic N) is 2. The molecule has 0 radical (unpaired) electrons. The average molecular weight is 405 g/mol. The summed E-state index contributed by atoms with van der Waals surface area (Å²) < 4.78 is 0. The summed E-state index contributed by atoms with van der Waals surface area (Å²) in [6, 6.07) is 12.1. The van der Waals surface area contributed by atoms with Gasteiger partial charge in [-0.25, -0.2) is 0 Å². The largest absolute Gasteiger partial charge is 0.330 e. The molecule has 0 N–H and O–H groups in total. The van der Waals surface area contributed by atoms with Crippen LogP contribution in [-0.2, 0) is 16.0 Å². The van der Waals surface area contributed by atoms with Gasteiger partial charge in [0.2, 0.25) is 11.8 Å². The number of thiophene rings is 1. The molecule has 6 heteroatoms. The standard InChI is InChI=1S/C21H25ClN2O2S/c1-3-15(2)24(19(25)13-22)14-20(26)23-11-9-18-17(10-12-27-18)21(23)16-7-5-4-6-8-16/h4-8,10,12,15,21H,3,9,11,13-14H2,1-2H3/t15-,21-/m0/s1. The van der Waals surface area contributed by atoms with E-state index >= 15 is 0 Å². The molecule has 2 atom stereocenters. The molecule has 0 spiro atoms. The Kier molecular flexibility index (Phi) is 6.55. The molecule has 0 bridgehead atoms.